The topological polar surface area (TPSA) is 154 Å². The summed E-state index contributed by atoms with van der Waals surface area (Å²) in [5.41, 5.74) is 1.55. The zero-order chi connectivity index (χ0) is 25.4. The van der Waals surface area contributed by atoms with Crippen molar-refractivity contribution in [1.29, 1.82) is 0 Å². The van der Waals surface area contributed by atoms with E-state index in [-0.39, 0.29) is 36.2 Å². The summed E-state index contributed by atoms with van der Waals surface area (Å²) in [5.74, 6) is -1.23. The molecule has 188 valence electrons. The van der Waals surface area contributed by atoms with Crippen molar-refractivity contribution >= 4 is 45.4 Å². The number of amides is 2. The summed E-state index contributed by atoms with van der Waals surface area (Å²) in [5, 5.41) is 14.7. The van der Waals surface area contributed by atoms with Crippen LogP contribution in [0.3, 0.4) is 0 Å². The number of carbonyl (C=O) groups excluding carboxylic acids is 2. The van der Waals surface area contributed by atoms with Gasteiger partial charge in [-0.2, -0.15) is 24.9 Å². The lowest BCUT2D eigenvalue weighted by Gasteiger charge is -2.17. The van der Waals surface area contributed by atoms with Gasteiger partial charge in [0, 0.05) is 24.6 Å². The molecule has 12 heteroatoms. The molecule has 1 fully saturated rings. The summed E-state index contributed by atoms with van der Waals surface area (Å²) >= 11 is 1.48. The highest BCUT2D eigenvalue weighted by Crippen LogP contribution is 2.28. The van der Waals surface area contributed by atoms with E-state index in [1.54, 1.807) is 24.3 Å². The predicted molar refractivity (Wildman–Crippen MR) is 135 cm³/mol. The Hall–Kier alpha value is -3.09. The number of benzene rings is 2. The van der Waals surface area contributed by atoms with E-state index in [0.717, 1.165) is 0 Å². The third-order valence-corrected chi connectivity index (χ3v) is 7.12. The standard InChI is InChI=1S/C23H28N4O6S2/c1-34-12-11-20(23(30)31)26-22(29)18-9-7-16(13-19(18)15-5-3-2-4-6-15)27-35(32,33)24-14-17-8-10-21(28)25-17/h2-7,9,13,17,20,24,27H,8,10-12,14H2,1H3,(H,25,28)(H,26,29)(H,30,31). The van der Waals surface area contributed by atoms with Crippen LogP contribution in [0.2, 0.25) is 0 Å². The van der Waals surface area contributed by atoms with Gasteiger partial charge in [-0.25, -0.2) is 4.79 Å². The molecular weight excluding hydrogens is 492 g/mol. The Labute approximate surface area is 208 Å². The van der Waals surface area contributed by atoms with Gasteiger partial charge in [0.05, 0.1) is 5.69 Å². The van der Waals surface area contributed by atoms with Crippen LogP contribution in [0.25, 0.3) is 11.1 Å². The zero-order valence-electron chi connectivity index (χ0n) is 19.1. The average molecular weight is 521 g/mol. The Morgan fingerprint density at radius 3 is 2.57 bits per heavy atom. The Bertz CT molecular complexity index is 1170. The molecule has 1 aliphatic rings. The first-order chi connectivity index (χ1) is 16.7. The van der Waals surface area contributed by atoms with Crippen LogP contribution in [-0.2, 0) is 19.8 Å². The molecule has 1 aliphatic heterocycles. The van der Waals surface area contributed by atoms with E-state index in [1.807, 2.05) is 12.3 Å². The van der Waals surface area contributed by atoms with Crippen LogP contribution in [0.15, 0.2) is 48.5 Å². The maximum Gasteiger partial charge on any atom is 0.326 e. The second-order valence-corrected chi connectivity index (χ2v) is 10.5. The maximum absolute atomic E-state index is 13.0. The molecule has 0 saturated carbocycles. The summed E-state index contributed by atoms with van der Waals surface area (Å²) in [6, 6.07) is 12.0. The van der Waals surface area contributed by atoms with Crippen LogP contribution in [0.4, 0.5) is 5.69 Å². The molecular formula is C23H28N4O6S2. The number of carboxylic acids is 1. The van der Waals surface area contributed by atoms with Crippen molar-refractivity contribution in [1.82, 2.24) is 15.4 Å². The summed E-state index contributed by atoms with van der Waals surface area (Å²) in [6.45, 7) is 0.0553. The van der Waals surface area contributed by atoms with Crippen LogP contribution >= 0.6 is 11.8 Å². The maximum atomic E-state index is 13.0. The Morgan fingerprint density at radius 2 is 1.94 bits per heavy atom. The first-order valence-corrected chi connectivity index (χ1v) is 13.8. The smallest absolute Gasteiger partial charge is 0.326 e. The van der Waals surface area contributed by atoms with Gasteiger partial charge >= 0.3 is 5.97 Å². The van der Waals surface area contributed by atoms with Gasteiger partial charge in [0.15, 0.2) is 0 Å². The van der Waals surface area contributed by atoms with E-state index in [2.05, 4.69) is 20.1 Å². The van der Waals surface area contributed by atoms with E-state index in [4.69, 9.17) is 0 Å². The molecule has 1 heterocycles. The van der Waals surface area contributed by atoms with Crippen molar-refractivity contribution in [3.05, 3.63) is 54.1 Å². The van der Waals surface area contributed by atoms with Crippen molar-refractivity contribution in [3.63, 3.8) is 0 Å². The minimum Gasteiger partial charge on any atom is -0.480 e. The Kier molecular flexibility index (Phi) is 9.13. The largest absolute Gasteiger partial charge is 0.480 e. The summed E-state index contributed by atoms with van der Waals surface area (Å²) in [6.07, 6.45) is 3.04. The number of hydrogen-bond donors (Lipinski definition) is 5. The number of nitrogens with one attached hydrogen (secondary N) is 4. The van der Waals surface area contributed by atoms with Gasteiger partial charge in [0.2, 0.25) is 5.91 Å². The molecule has 5 N–H and O–H groups in total. The highest BCUT2D eigenvalue weighted by molar-refractivity contribution is 7.98. The molecule has 2 amide bonds. The minimum absolute atomic E-state index is 0.0553. The van der Waals surface area contributed by atoms with Crippen molar-refractivity contribution in [3.8, 4) is 11.1 Å². The van der Waals surface area contributed by atoms with Crippen LogP contribution in [0.1, 0.15) is 29.6 Å². The molecule has 3 rings (SSSR count). The summed E-state index contributed by atoms with van der Waals surface area (Å²) < 4.78 is 29.9. The lowest BCUT2D eigenvalue weighted by Crippen LogP contribution is -2.41. The lowest BCUT2D eigenvalue weighted by molar-refractivity contribution is -0.139. The highest BCUT2D eigenvalue weighted by atomic mass is 32.2. The monoisotopic (exact) mass is 520 g/mol. The molecule has 2 aromatic carbocycles. The quantitative estimate of drug-likeness (QED) is 0.286. The average Bonchev–Trinajstić information content (AvgIpc) is 3.25. The third kappa shape index (κ3) is 7.70. The molecule has 0 bridgehead atoms. The van der Waals surface area contributed by atoms with Gasteiger partial charge in [-0.3, -0.25) is 14.3 Å². The molecule has 0 aliphatic carbocycles. The number of aliphatic carboxylic acids is 1. The molecule has 0 radical (unpaired) electrons. The van der Waals surface area contributed by atoms with Crippen LogP contribution in [-0.4, -0.2) is 61.9 Å². The highest BCUT2D eigenvalue weighted by Gasteiger charge is 2.24. The molecule has 2 aromatic rings. The number of hydrogen-bond acceptors (Lipinski definition) is 6. The fourth-order valence-electron chi connectivity index (χ4n) is 3.62. The minimum atomic E-state index is -3.94. The number of anilines is 1. The Balaban J connectivity index is 1.82. The van der Waals surface area contributed by atoms with Crippen molar-refractivity contribution in [2.24, 2.45) is 0 Å². The van der Waals surface area contributed by atoms with E-state index < -0.39 is 28.1 Å². The fourth-order valence-corrected chi connectivity index (χ4v) is 5.02. The lowest BCUT2D eigenvalue weighted by atomic mass is 9.98. The summed E-state index contributed by atoms with van der Waals surface area (Å²) in [4.78, 5) is 35.9. The molecule has 2 unspecified atom stereocenters. The van der Waals surface area contributed by atoms with Crippen LogP contribution in [0, 0.1) is 0 Å². The zero-order valence-corrected chi connectivity index (χ0v) is 20.7. The second-order valence-electron chi connectivity index (χ2n) is 8.03. The van der Waals surface area contributed by atoms with E-state index in [9.17, 15) is 27.9 Å². The van der Waals surface area contributed by atoms with E-state index >= 15 is 0 Å². The molecule has 2 atom stereocenters. The molecule has 1 saturated heterocycles. The number of carbonyl (C=O) groups is 3. The fraction of sp³-hybridized carbons (Fsp3) is 0.348. The van der Waals surface area contributed by atoms with Gasteiger partial charge in [0.25, 0.3) is 16.1 Å². The third-order valence-electron chi connectivity index (χ3n) is 5.42. The molecule has 10 nitrogen and oxygen atoms in total. The predicted octanol–water partition coefficient (Wildman–Crippen LogP) is 1.81. The van der Waals surface area contributed by atoms with Crippen molar-refractivity contribution in [2.75, 3.05) is 23.3 Å². The first-order valence-electron chi connectivity index (χ1n) is 11.0. The van der Waals surface area contributed by atoms with Crippen LogP contribution < -0.4 is 20.1 Å². The normalized spacial score (nSPS) is 16.4. The van der Waals surface area contributed by atoms with Crippen molar-refractivity contribution < 1.29 is 27.9 Å². The molecule has 0 spiro atoms. The molecule has 0 aromatic heterocycles. The van der Waals surface area contributed by atoms with Crippen LogP contribution in [0.5, 0.6) is 0 Å². The SMILES string of the molecule is CSCCC(NC(=O)c1ccc(NS(=O)(=O)NCC2CCC(=O)N2)cc1-c1ccccc1)C(=O)O. The van der Waals surface area contributed by atoms with Gasteiger partial charge in [-0.1, -0.05) is 30.3 Å². The van der Waals surface area contributed by atoms with Gasteiger partial charge in [0.1, 0.15) is 6.04 Å². The van der Waals surface area contributed by atoms with Gasteiger partial charge in [-0.15, -0.1) is 0 Å². The van der Waals surface area contributed by atoms with E-state index in [1.165, 1.54) is 30.0 Å². The summed E-state index contributed by atoms with van der Waals surface area (Å²) in [7, 11) is -3.94. The number of rotatable bonds is 12. The van der Waals surface area contributed by atoms with Gasteiger partial charge < -0.3 is 15.7 Å². The first kappa shape index (κ1) is 26.5. The number of thioether (sulfide) groups is 1. The Morgan fingerprint density at radius 1 is 1.20 bits per heavy atom. The van der Waals surface area contributed by atoms with Gasteiger partial charge in [-0.05, 0) is 54.2 Å². The molecule has 35 heavy (non-hydrogen) atoms. The number of carboxylic acid groups (broad SMARTS) is 1. The van der Waals surface area contributed by atoms with Crippen molar-refractivity contribution in [2.45, 2.75) is 31.3 Å². The van der Waals surface area contributed by atoms with E-state index in [0.29, 0.717) is 29.7 Å². The second kappa shape index (κ2) is 12.0.